The Hall–Kier alpha value is -1.59. The summed E-state index contributed by atoms with van der Waals surface area (Å²) in [6.45, 7) is 11.3. The third kappa shape index (κ3) is 39.6. The highest BCUT2D eigenvalue weighted by atomic mass is 16.6. The van der Waals surface area contributed by atoms with Gasteiger partial charge in [0.05, 0.1) is 0 Å². The van der Waals surface area contributed by atoms with Gasteiger partial charge in [-0.05, 0) is 31.1 Å². The van der Waals surface area contributed by atoms with Crippen LogP contribution in [0.4, 0.5) is 0 Å². The predicted octanol–water partition coefficient (Wildman–Crippen LogP) is 14.2. The van der Waals surface area contributed by atoms with E-state index in [1.54, 1.807) is 0 Å². The van der Waals surface area contributed by atoms with Crippen LogP contribution in [0.5, 0.6) is 0 Å². The minimum atomic E-state index is -0.758. The largest absolute Gasteiger partial charge is 0.462 e. The van der Waals surface area contributed by atoms with Crippen LogP contribution in [0, 0.1) is 11.8 Å². The molecule has 0 aromatic rings. The average molecular weight is 737 g/mol. The summed E-state index contributed by atoms with van der Waals surface area (Å²) in [4.78, 5) is 37.4. The quantitative estimate of drug-likeness (QED) is 0.0354. The summed E-state index contributed by atoms with van der Waals surface area (Å²) in [5.74, 6) is 0.781. The van der Waals surface area contributed by atoms with Gasteiger partial charge in [-0.3, -0.25) is 14.4 Å². The molecule has 0 aliphatic rings. The van der Waals surface area contributed by atoms with E-state index in [9.17, 15) is 14.4 Å². The van der Waals surface area contributed by atoms with E-state index in [1.165, 1.54) is 128 Å². The summed E-state index contributed by atoms with van der Waals surface area (Å²) >= 11 is 0. The summed E-state index contributed by atoms with van der Waals surface area (Å²) in [5.41, 5.74) is 0. The first-order valence-corrected chi connectivity index (χ1v) is 22.7. The molecule has 0 saturated carbocycles. The molecule has 0 saturated heterocycles. The summed E-state index contributed by atoms with van der Waals surface area (Å²) in [6.07, 6.45) is 36.9. The van der Waals surface area contributed by atoms with Crippen LogP contribution >= 0.6 is 0 Å². The Morgan fingerprint density at radius 1 is 0.365 bits per heavy atom. The van der Waals surface area contributed by atoms with Gasteiger partial charge in [-0.1, -0.05) is 208 Å². The van der Waals surface area contributed by atoms with Gasteiger partial charge >= 0.3 is 17.9 Å². The molecule has 0 aromatic carbocycles. The Bertz CT molecular complexity index is 794. The van der Waals surface area contributed by atoms with E-state index in [0.29, 0.717) is 19.3 Å². The highest BCUT2D eigenvalue weighted by molar-refractivity contribution is 5.71. The zero-order valence-electron chi connectivity index (χ0n) is 35.4. The average Bonchev–Trinajstić information content (AvgIpc) is 3.11. The van der Waals surface area contributed by atoms with Gasteiger partial charge < -0.3 is 14.2 Å². The molecule has 0 aliphatic carbocycles. The van der Waals surface area contributed by atoms with Crippen LogP contribution in [-0.2, 0) is 28.6 Å². The monoisotopic (exact) mass is 737 g/mol. The second kappa shape index (κ2) is 39.1. The van der Waals surface area contributed by atoms with Crippen LogP contribution in [0.15, 0.2) is 0 Å². The lowest BCUT2D eigenvalue weighted by Gasteiger charge is -2.18. The van der Waals surface area contributed by atoms with Crippen LogP contribution in [0.2, 0.25) is 0 Å². The van der Waals surface area contributed by atoms with Crippen molar-refractivity contribution in [2.45, 2.75) is 253 Å². The smallest absolute Gasteiger partial charge is 0.306 e. The van der Waals surface area contributed by atoms with Crippen LogP contribution < -0.4 is 0 Å². The number of esters is 3. The summed E-state index contributed by atoms with van der Waals surface area (Å²) in [6, 6.07) is 0. The Morgan fingerprint density at radius 3 is 0.942 bits per heavy atom. The van der Waals surface area contributed by atoms with Gasteiger partial charge in [0.2, 0.25) is 0 Å². The maximum atomic E-state index is 12.7. The molecule has 0 fully saturated rings. The first-order valence-electron chi connectivity index (χ1n) is 22.7. The maximum Gasteiger partial charge on any atom is 0.306 e. The van der Waals surface area contributed by atoms with Crippen molar-refractivity contribution in [2.24, 2.45) is 11.8 Å². The Balaban J connectivity index is 4.17. The Morgan fingerprint density at radius 2 is 0.635 bits per heavy atom. The molecule has 0 aromatic heterocycles. The number of carbonyl (C=O) groups is 3. The number of unbranched alkanes of at least 4 members (excludes halogenated alkanes) is 25. The minimum absolute atomic E-state index is 0.0660. The number of hydrogen-bond acceptors (Lipinski definition) is 6. The molecule has 0 spiro atoms. The highest BCUT2D eigenvalue weighted by Gasteiger charge is 2.19. The lowest BCUT2D eigenvalue weighted by Crippen LogP contribution is -2.30. The lowest BCUT2D eigenvalue weighted by molar-refractivity contribution is -0.167. The van der Waals surface area contributed by atoms with Crippen molar-refractivity contribution in [3.8, 4) is 0 Å². The molecule has 0 N–H and O–H groups in total. The third-order valence-electron chi connectivity index (χ3n) is 10.2. The third-order valence-corrected chi connectivity index (χ3v) is 10.2. The van der Waals surface area contributed by atoms with E-state index >= 15 is 0 Å². The standard InChI is InChI=1S/C46H88O6/c1-6-7-8-24-31-36-44(47)50-39-43(40-51-45(48)37-32-27-22-19-15-17-21-26-30-35-42(4)5)52-46(49)38-33-28-23-18-14-12-10-9-11-13-16-20-25-29-34-41(2)3/h41-43H,6-40H2,1-5H3/t43-/m1/s1. The van der Waals surface area contributed by atoms with E-state index in [1.807, 2.05) is 0 Å². The molecule has 6 nitrogen and oxygen atoms in total. The molecular formula is C46H88O6. The first-order chi connectivity index (χ1) is 25.2. The SMILES string of the molecule is CCCCCCCC(=O)OC[C@H](COC(=O)CCCCCCCCCCCC(C)C)OC(=O)CCCCCCCCCCCCCCCCC(C)C. The van der Waals surface area contributed by atoms with Crippen molar-refractivity contribution in [1.29, 1.82) is 0 Å². The van der Waals surface area contributed by atoms with Crippen LogP contribution in [0.3, 0.4) is 0 Å². The molecule has 0 radical (unpaired) electrons. The Labute approximate surface area is 323 Å². The van der Waals surface area contributed by atoms with Crippen molar-refractivity contribution < 1.29 is 28.6 Å². The minimum Gasteiger partial charge on any atom is -0.462 e. The molecule has 0 unspecified atom stereocenters. The fourth-order valence-electron chi connectivity index (χ4n) is 6.75. The first kappa shape index (κ1) is 50.4. The van der Waals surface area contributed by atoms with Gasteiger partial charge in [-0.15, -0.1) is 0 Å². The van der Waals surface area contributed by atoms with Gasteiger partial charge in [0, 0.05) is 19.3 Å². The van der Waals surface area contributed by atoms with Gasteiger partial charge in [0.1, 0.15) is 13.2 Å². The van der Waals surface area contributed by atoms with Gasteiger partial charge in [-0.25, -0.2) is 0 Å². The van der Waals surface area contributed by atoms with Gasteiger partial charge in [-0.2, -0.15) is 0 Å². The molecule has 0 amide bonds. The highest BCUT2D eigenvalue weighted by Crippen LogP contribution is 2.16. The summed E-state index contributed by atoms with van der Waals surface area (Å²) in [5, 5.41) is 0. The molecule has 0 heterocycles. The van der Waals surface area contributed by atoms with Gasteiger partial charge in [0.15, 0.2) is 6.10 Å². The van der Waals surface area contributed by atoms with Crippen molar-refractivity contribution in [3.05, 3.63) is 0 Å². The molecule has 308 valence electrons. The molecule has 0 rings (SSSR count). The topological polar surface area (TPSA) is 78.9 Å². The molecule has 0 aliphatic heterocycles. The molecule has 1 atom stereocenters. The number of rotatable bonds is 40. The van der Waals surface area contributed by atoms with Crippen molar-refractivity contribution in [2.75, 3.05) is 13.2 Å². The van der Waals surface area contributed by atoms with Gasteiger partial charge in [0.25, 0.3) is 0 Å². The number of carbonyl (C=O) groups excluding carboxylic acids is 3. The number of ether oxygens (including phenoxy) is 3. The normalized spacial score (nSPS) is 12.1. The Kier molecular flexibility index (Phi) is 37.9. The van der Waals surface area contributed by atoms with Crippen molar-refractivity contribution in [3.63, 3.8) is 0 Å². The van der Waals surface area contributed by atoms with Crippen LogP contribution in [-0.4, -0.2) is 37.2 Å². The second-order valence-corrected chi connectivity index (χ2v) is 16.6. The fraction of sp³-hybridized carbons (Fsp3) is 0.935. The maximum absolute atomic E-state index is 12.7. The van der Waals surface area contributed by atoms with Crippen LogP contribution in [0.25, 0.3) is 0 Å². The van der Waals surface area contributed by atoms with Crippen molar-refractivity contribution >= 4 is 17.9 Å². The van der Waals surface area contributed by atoms with E-state index in [-0.39, 0.29) is 31.1 Å². The van der Waals surface area contributed by atoms with Crippen molar-refractivity contribution in [1.82, 2.24) is 0 Å². The van der Waals surface area contributed by atoms with E-state index in [0.717, 1.165) is 76.0 Å². The fourth-order valence-corrected chi connectivity index (χ4v) is 6.75. The zero-order chi connectivity index (χ0) is 38.3. The molecule has 6 heteroatoms. The molecular weight excluding hydrogens is 649 g/mol. The van der Waals surface area contributed by atoms with E-state index < -0.39 is 6.10 Å². The second-order valence-electron chi connectivity index (χ2n) is 16.6. The lowest BCUT2D eigenvalue weighted by atomic mass is 10.0. The van der Waals surface area contributed by atoms with E-state index in [4.69, 9.17) is 14.2 Å². The van der Waals surface area contributed by atoms with E-state index in [2.05, 4.69) is 34.6 Å². The molecule has 0 bridgehead atoms. The van der Waals surface area contributed by atoms with Crippen LogP contribution in [0.1, 0.15) is 247 Å². The molecule has 52 heavy (non-hydrogen) atoms. The summed E-state index contributed by atoms with van der Waals surface area (Å²) < 4.78 is 16.6. The zero-order valence-corrected chi connectivity index (χ0v) is 35.4. The predicted molar refractivity (Wildman–Crippen MR) is 220 cm³/mol. The summed E-state index contributed by atoms with van der Waals surface area (Å²) in [7, 11) is 0. The number of hydrogen-bond donors (Lipinski definition) is 0.